The largest absolute Gasteiger partial charge is 0.473 e. The maximum atomic E-state index is 5.57. The lowest BCUT2D eigenvalue weighted by Gasteiger charge is -2.20. The molecule has 1 rings (SSSR count). The summed E-state index contributed by atoms with van der Waals surface area (Å²) in [4.78, 5) is 0. The lowest BCUT2D eigenvalue weighted by atomic mass is 10.2. The first-order valence-corrected chi connectivity index (χ1v) is 6.21. The van der Waals surface area contributed by atoms with Crippen molar-refractivity contribution in [2.24, 2.45) is 0 Å². The van der Waals surface area contributed by atoms with Crippen LogP contribution in [0.2, 0.25) is 0 Å². The molecule has 2 atom stereocenters. The Kier molecular flexibility index (Phi) is 5.31. The summed E-state index contributed by atoms with van der Waals surface area (Å²) in [5.41, 5.74) is 0. The zero-order valence-corrected chi connectivity index (χ0v) is 9.83. The molecule has 2 nitrogen and oxygen atoms in total. The fraction of sp³-hybridized carbons (Fsp3) is 0.700. The van der Waals surface area contributed by atoms with Crippen molar-refractivity contribution in [3.8, 4) is 12.3 Å². The van der Waals surface area contributed by atoms with Gasteiger partial charge in [0.05, 0.1) is 6.10 Å². The molecular weight excluding hydrogens is 216 g/mol. The molecule has 0 aliphatic heterocycles. The minimum absolute atomic E-state index is 0.100. The molecule has 0 unspecified atom stereocenters. The smallest absolute Gasteiger partial charge is 0.220 e. The topological polar surface area (TPSA) is 18.5 Å². The van der Waals surface area contributed by atoms with Crippen LogP contribution in [-0.4, -0.2) is 29.5 Å². The lowest BCUT2D eigenvalue weighted by Crippen LogP contribution is -2.27. The second-order valence-corrected chi connectivity index (χ2v) is 4.50. The van der Waals surface area contributed by atoms with Gasteiger partial charge in [-0.1, -0.05) is 17.7 Å². The Hall–Kier alpha value is -0.240. The van der Waals surface area contributed by atoms with Gasteiger partial charge in [0, 0.05) is 0 Å². The van der Waals surface area contributed by atoms with Crippen molar-refractivity contribution in [1.82, 2.24) is 0 Å². The summed E-state index contributed by atoms with van der Waals surface area (Å²) in [6.07, 6.45) is 10.4. The van der Waals surface area contributed by atoms with Crippen LogP contribution in [0.1, 0.15) is 19.3 Å². The molecule has 0 bridgehead atoms. The molecule has 0 heterocycles. The van der Waals surface area contributed by atoms with Crippen molar-refractivity contribution in [2.45, 2.75) is 31.5 Å². The van der Waals surface area contributed by atoms with Gasteiger partial charge in [-0.15, -0.1) is 6.42 Å². The zero-order valence-electron chi connectivity index (χ0n) is 8.19. The summed E-state index contributed by atoms with van der Waals surface area (Å²) in [6, 6.07) is 0. The quantitative estimate of drug-likeness (QED) is 0.546. The maximum absolute atomic E-state index is 5.57. The van der Waals surface area contributed by atoms with Gasteiger partial charge in [-0.2, -0.15) is 0 Å². The lowest BCUT2D eigenvalue weighted by molar-refractivity contribution is 0.00558. The minimum Gasteiger partial charge on any atom is -0.473 e. The second-order valence-electron chi connectivity index (χ2n) is 3.09. The number of rotatable bonds is 3. The van der Waals surface area contributed by atoms with Gasteiger partial charge in [-0.3, -0.25) is 0 Å². The Bertz CT molecular complexity index is 235. The zero-order chi connectivity index (χ0) is 10.4. The molecule has 1 aliphatic rings. The van der Waals surface area contributed by atoms with Crippen LogP contribution < -0.4 is 0 Å². The molecule has 0 aromatic carbocycles. The summed E-state index contributed by atoms with van der Waals surface area (Å²) in [7, 11) is 0. The van der Waals surface area contributed by atoms with E-state index in [0.717, 1.165) is 19.3 Å². The second kappa shape index (κ2) is 6.28. The van der Waals surface area contributed by atoms with Crippen molar-refractivity contribution < 1.29 is 9.47 Å². The predicted molar refractivity (Wildman–Crippen MR) is 63.4 cm³/mol. The normalized spacial score (nSPS) is 25.7. The first kappa shape index (κ1) is 11.8. The van der Waals surface area contributed by atoms with Crippen LogP contribution in [0.4, 0.5) is 0 Å². The number of hydrogen-bond acceptors (Lipinski definition) is 4. The number of terminal acetylenes is 1. The van der Waals surface area contributed by atoms with E-state index in [0.29, 0.717) is 11.0 Å². The third kappa shape index (κ3) is 3.49. The molecule has 0 aromatic heterocycles. The van der Waals surface area contributed by atoms with Crippen LogP contribution >= 0.6 is 24.0 Å². The summed E-state index contributed by atoms with van der Waals surface area (Å²) >= 11 is 6.45. The highest BCUT2D eigenvalue weighted by molar-refractivity contribution is 8.22. The monoisotopic (exact) mass is 230 g/mol. The Morgan fingerprint density at radius 3 is 2.93 bits per heavy atom. The van der Waals surface area contributed by atoms with Crippen molar-refractivity contribution in [1.29, 1.82) is 0 Å². The van der Waals surface area contributed by atoms with Gasteiger partial charge >= 0.3 is 0 Å². The number of hydrogen-bond donors (Lipinski definition) is 0. The van der Waals surface area contributed by atoms with E-state index >= 15 is 0 Å². The van der Waals surface area contributed by atoms with Gasteiger partial charge in [0.1, 0.15) is 12.7 Å². The third-order valence-corrected chi connectivity index (χ3v) is 3.21. The van der Waals surface area contributed by atoms with Crippen LogP contribution in [0.3, 0.4) is 0 Å². The Morgan fingerprint density at radius 2 is 2.29 bits per heavy atom. The average Bonchev–Trinajstić information content (AvgIpc) is 2.62. The van der Waals surface area contributed by atoms with E-state index in [-0.39, 0.29) is 12.2 Å². The highest BCUT2D eigenvalue weighted by Gasteiger charge is 2.30. The number of ether oxygens (including phenoxy) is 2. The molecule has 0 amide bonds. The van der Waals surface area contributed by atoms with Crippen LogP contribution in [0.5, 0.6) is 0 Å². The van der Waals surface area contributed by atoms with Crippen molar-refractivity contribution in [3.63, 3.8) is 0 Å². The van der Waals surface area contributed by atoms with E-state index in [1.165, 1.54) is 11.8 Å². The molecule has 0 saturated heterocycles. The molecule has 78 valence electrons. The van der Waals surface area contributed by atoms with E-state index < -0.39 is 0 Å². The van der Waals surface area contributed by atoms with Crippen LogP contribution in [-0.2, 0) is 9.47 Å². The van der Waals surface area contributed by atoms with Gasteiger partial charge < -0.3 is 9.47 Å². The van der Waals surface area contributed by atoms with Crippen molar-refractivity contribution in [2.75, 3.05) is 12.9 Å². The molecule has 14 heavy (non-hydrogen) atoms. The van der Waals surface area contributed by atoms with Crippen LogP contribution in [0.25, 0.3) is 0 Å². The minimum atomic E-state index is 0.100. The van der Waals surface area contributed by atoms with E-state index in [2.05, 4.69) is 5.92 Å². The number of thioether (sulfide) groups is 1. The van der Waals surface area contributed by atoms with Crippen molar-refractivity contribution in [3.05, 3.63) is 0 Å². The van der Waals surface area contributed by atoms with Crippen molar-refractivity contribution >= 4 is 28.4 Å². The molecule has 0 spiro atoms. The average molecular weight is 230 g/mol. The van der Waals surface area contributed by atoms with Gasteiger partial charge in [-0.25, -0.2) is 0 Å². The first-order valence-electron chi connectivity index (χ1n) is 4.57. The highest BCUT2D eigenvalue weighted by atomic mass is 32.2. The molecule has 1 saturated carbocycles. The third-order valence-electron chi connectivity index (χ3n) is 2.19. The molecule has 0 N–H and O–H groups in total. The Balaban J connectivity index is 2.35. The van der Waals surface area contributed by atoms with Gasteiger partial charge in [-0.05, 0) is 37.7 Å². The van der Waals surface area contributed by atoms with Gasteiger partial charge in [0.25, 0.3) is 0 Å². The fourth-order valence-electron chi connectivity index (χ4n) is 1.54. The summed E-state index contributed by atoms with van der Waals surface area (Å²) in [5.74, 6) is 2.47. The van der Waals surface area contributed by atoms with Gasteiger partial charge in [0.2, 0.25) is 4.38 Å². The Labute approximate surface area is 94.7 Å². The summed E-state index contributed by atoms with van der Waals surface area (Å²) in [5, 5.41) is 0. The predicted octanol–water partition coefficient (Wildman–Crippen LogP) is 2.22. The highest BCUT2D eigenvalue weighted by Crippen LogP contribution is 2.26. The van der Waals surface area contributed by atoms with E-state index in [4.69, 9.17) is 28.1 Å². The molecule has 1 fully saturated rings. The fourth-order valence-corrected chi connectivity index (χ4v) is 1.89. The maximum Gasteiger partial charge on any atom is 0.220 e. The SMILES string of the molecule is C#CCO[C@H]1CCC[C@@H]1OC(=S)SC. The van der Waals surface area contributed by atoms with E-state index in [1.807, 2.05) is 6.26 Å². The summed E-state index contributed by atoms with van der Waals surface area (Å²) < 4.78 is 11.6. The summed E-state index contributed by atoms with van der Waals surface area (Å²) in [6.45, 7) is 0.358. The van der Waals surface area contributed by atoms with E-state index in [9.17, 15) is 0 Å². The molecule has 0 radical (unpaired) electrons. The molecule has 1 aliphatic carbocycles. The molecular formula is C10H14O2S2. The Morgan fingerprint density at radius 1 is 1.57 bits per heavy atom. The first-order chi connectivity index (χ1) is 6.77. The molecule has 0 aromatic rings. The van der Waals surface area contributed by atoms with Crippen LogP contribution in [0.15, 0.2) is 0 Å². The standard InChI is InChI=1S/C10H14O2S2/c1-3-7-11-8-5-4-6-9(8)12-10(13)14-2/h1,8-9H,4-7H2,2H3/t8-,9-/m0/s1. The molecule has 4 heteroatoms. The van der Waals surface area contributed by atoms with Gasteiger partial charge in [0.15, 0.2) is 0 Å². The van der Waals surface area contributed by atoms with E-state index in [1.54, 1.807) is 0 Å². The number of thiocarbonyl (C=S) groups is 1. The van der Waals surface area contributed by atoms with Crippen LogP contribution in [0, 0.1) is 12.3 Å².